The lowest BCUT2D eigenvalue weighted by Gasteiger charge is -2.11. The van der Waals surface area contributed by atoms with Gasteiger partial charge in [0, 0.05) is 25.5 Å². The van der Waals surface area contributed by atoms with Gasteiger partial charge in [0.25, 0.3) is 0 Å². The highest BCUT2D eigenvalue weighted by Crippen LogP contribution is 2.24. The topological polar surface area (TPSA) is 59.1 Å². The molecule has 0 amide bonds. The van der Waals surface area contributed by atoms with E-state index >= 15 is 0 Å². The first-order valence-corrected chi connectivity index (χ1v) is 7.63. The number of methoxy groups -OCH3 is 1. The molecule has 1 heterocycles. The van der Waals surface area contributed by atoms with E-state index < -0.39 is 0 Å². The minimum atomic E-state index is 0.587. The lowest BCUT2D eigenvalue weighted by atomic mass is 10.2. The molecule has 112 valence electrons. The van der Waals surface area contributed by atoms with Gasteiger partial charge in [-0.3, -0.25) is 0 Å². The highest BCUT2D eigenvalue weighted by atomic mass is 79.9. The SMILES string of the molecule is CCCNc1ncc(Br)c(Nc2cccc(COC)c2)n1. The maximum atomic E-state index is 5.15. The summed E-state index contributed by atoms with van der Waals surface area (Å²) in [5, 5.41) is 6.47. The zero-order valence-corrected chi connectivity index (χ0v) is 13.8. The molecule has 2 rings (SSSR count). The summed E-state index contributed by atoms with van der Waals surface area (Å²) < 4.78 is 5.97. The van der Waals surface area contributed by atoms with Gasteiger partial charge in [-0.1, -0.05) is 19.1 Å². The van der Waals surface area contributed by atoms with Crippen LogP contribution in [-0.2, 0) is 11.3 Å². The van der Waals surface area contributed by atoms with Gasteiger partial charge in [0.05, 0.1) is 11.1 Å². The van der Waals surface area contributed by atoms with Crippen LogP contribution in [0.1, 0.15) is 18.9 Å². The van der Waals surface area contributed by atoms with Gasteiger partial charge in [-0.15, -0.1) is 0 Å². The fourth-order valence-electron chi connectivity index (χ4n) is 1.82. The van der Waals surface area contributed by atoms with Crippen LogP contribution in [0.5, 0.6) is 0 Å². The lowest BCUT2D eigenvalue weighted by molar-refractivity contribution is 0.185. The number of halogens is 1. The van der Waals surface area contributed by atoms with Crippen LogP contribution in [-0.4, -0.2) is 23.6 Å². The van der Waals surface area contributed by atoms with Crippen molar-refractivity contribution in [1.82, 2.24) is 9.97 Å². The molecule has 0 aliphatic rings. The highest BCUT2D eigenvalue weighted by molar-refractivity contribution is 9.10. The summed E-state index contributed by atoms with van der Waals surface area (Å²) in [6, 6.07) is 8.05. The van der Waals surface area contributed by atoms with Crippen molar-refractivity contribution >= 4 is 33.4 Å². The third kappa shape index (κ3) is 4.68. The fraction of sp³-hybridized carbons (Fsp3) is 0.333. The first kappa shape index (κ1) is 15.7. The number of anilines is 3. The largest absolute Gasteiger partial charge is 0.380 e. The van der Waals surface area contributed by atoms with Crippen LogP contribution in [0.2, 0.25) is 0 Å². The quantitative estimate of drug-likeness (QED) is 0.791. The number of rotatable bonds is 7. The average molecular weight is 351 g/mol. The summed E-state index contributed by atoms with van der Waals surface area (Å²) in [4.78, 5) is 8.71. The predicted molar refractivity (Wildman–Crippen MR) is 89.0 cm³/mol. The summed E-state index contributed by atoms with van der Waals surface area (Å²) in [6.07, 6.45) is 2.77. The third-order valence-corrected chi connectivity index (χ3v) is 3.36. The molecule has 21 heavy (non-hydrogen) atoms. The zero-order chi connectivity index (χ0) is 15.1. The first-order chi connectivity index (χ1) is 10.2. The van der Waals surface area contributed by atoms with Crippen LogP contribution in [0.25, 0.3) is 0 Å². The number of hydrogen-bond donors (Lipinski definition) is 2. The van der Waals surface area contributed by atoms with E-state index in [9.17, 15) is 0 Å². The van der Waals surface area contributed by atoms with Crippen LogP contribution in [0.4, 0.5) is 17.5 Å². The van der Waals surface area contributed by atoms with Gasteiger partial charge in [-0.25, -0.2) is 4.98 Å². The molecule has 2 N–H and O–H groups in total. The van der Waals surface area contributed by atoms with Crippen LogP contribution >= 0.6 is 15.9 Å². The third-order valence-electron chi connectivity index (χ3n) is 2.78. The van der Waals surface area contributed by atoms with E-state index in [-0.39, 0.29) is 0 Å². The van der Waals surface area contributed by atoms with Gasteiger partial charge < -0.3 is 15.4 Å². The summed E-state index contributed by atoms with van der Waals surface area (Å²) >= 11 is 3.47. The Morgan fingerprint density at radius 2 is 2.19 bits per heavy atom. The Bertz CT molecular complexity index is 592. The summed E-state index contributed by atoms with van der Waals surface area (Å²) in [5.41, 5.74) is 2.07. The minimum absolute atomic E-state index is 0.587. The Labute approximate surface area is 133 Å². The molecule has 0 aliphatic carbocycles. The molecule has 1 aromatic heterocycles. The highest BCUT2D eigenvalue weighted by Gasteiger charge is 2.06. The monoisotopic (exact) mass is 350 g/mol. The smallest absolute Gasteiger partial charge is 0.224 e. The van der Waals surface area contributed by atoms with Gasteiger partial charge in [-0.05, 0) is 40.0 Å². The molecule has 0 unspecified atom stereocenters. The Balaban J connectivity index is 2.16. The van der Waals surface area contributed by atoms with Gasteiger partial charge >= 0.3 is 0 Å². The van der Waals surface area contributed by atoms with Gasteiger partial charge in [0.1, 0.15) is 5.82 Å². The van der Waals surface area contributed by atoms with Crippen LogP contribution in [0, 0.1) is 0 Å². The molecule has 0 bridgehead atoms. The van der Waals surface area contributed by atoms with Gasteiger partial charge in [0.2, 0.25) is 5.95 Å². The summed E-state index contributed by atoms with van der Waals surface area (Å²) in [5.74, 6) is 1.36. The van der Waals surface area contributed by atoms with E-state index in [4.69, 9.17) is 4.74 Å². The molecule has 0 spiro atoms. The van der Waals surface area contributed by atoms with Crippen LogP contribution in [0.3, 0.4) is 0 Å². The maximum Gasteiger partial charge on any atom is 0.224 e. The predicted octanol–water partition coefficient (Wildman–Crippen LogP) is 3.95. The van der Waals surface area contributed by atoms with Crippen LogP contribution < -0.4 is 10.6 Å². The van der Waals surface area contributed by atoms with E-state index in [1.54, 1.807) is 13.3 Å². The van der Waals surface area contributed by atoms with Crippen molar-refractivity contribution in [2.45, 2.75) is 20.0 Å². The molecule has 6 heteroatoms. The zero-order valence-electron chi connectivity index (χ0n) is 12.2. The van der Waals surface area contributed by atoms with Gasteiger partial charge in [0.15, 0.2) is 0 Å². The molecule has 1 aromatic carbocycles. The molecule has 0 saturated carbocycles. The van der Waals surface area contributed by atoms with E-state index in [0.717, 1.165) is 34.5 Å². The molecule has 0 radical (unpaired) electrons. The Hall–Kier alpha value is -1.66. The number of ether oxygens (including phenoxy) is 1. The Morgan fingerprint density at radius 1 is 1.33 bits per heavy atom. The van der Waals surface area contributed by atoms with E-state index in [2.05, 4.69) is 43.5 Å². The Morgan fingerprint density at radius 3 is 2.95 bits per heavy atom. The Kier molecular flexibility index (Phi) is 5.95. The van der Waals surface area contributed by atoms with Crippen molar-refractivity contribution in [3.8, 4) is 0 Å². The molecule has 5 nitrogen and oxygen atoms in total. The molecular weight excluding hydrogens is 332 g/mol. The van der Waals surface area contributed by atoms with Crippen LogP contribution in [0.15, 0.2) is 34.9 Å². The molecular formula is C15H19BrN4O. The van der Waals surface area contributed by atoms with Crippen molar-refractivity contribution in [2.24, 2.45) is 0 Å². The molecule has 2 aromatic rings. The summed E-state index contributed by atoms with van der Waals surface area (Å²) in [7, 11) is 1.69. The fourth-order valence-corrected chi connectivity index (χ4v) is 2.11. The average Bonchev–Trinajstić information content (AvgIpc) is 2.49. The van der Waals surface area contributed by atoms with E-state index in [1.165, 1.54) is 0 Å². The normalized spacial score (nSPS) is 10.4. The van der Waals surface area contributed by atoms with E-state index in [0.29, 0.717) is 12.6 Å². The molecule has 0 fully saturated rings. The van der Waals surface area contributed by atoms with E-state index in [1.807, 2.05) is 24.3 Å². The lowest BCUT2D eigenvalue weighted by Crippen LogP contribution is -2.06. The molecule has 0 saturated heterocycles. The first-order valence-electron chi connectivity index (χ1n) is 6.84. The van der Waals surface area contributed by atoms with Crippen molar-refractivity contribution in [3.63, 3.8) is 0 Å². The van der Waals surface area contributed by atoms with Crippen molar-refractivity contribution in [2.75, 3.05) is 24.3 Å². The molecule has 0 aliphatic heterocycles. The number of benzene rings is 1. The number of nitrogens with zero attached hydrogens (tertiary/aromatic N) is 2. The second-order valence-corrected chi connectivity index (χ2v) is 5.43. The number of nitrogens with one attached hydrogen (secondary N) is 2. The van der Waals surface area contributed by atoms with Crippen molar-refractivity contribution in [3.05, 3.63) is 40.5 Å². The molecule has 0 atom stereocenters. The number of hydrogen-bond acceptors (Lipinski definition) is 5. The van der Waals surface area contributed by atoms with Crippen molar-refractivity contribution in [1.29, 1.82) is 0 Å². The second kappa shape index (κ2) is 7.95. The standard InChI is InChI=1S/C15H19BrN4O/c1-3-7-17-15-18-9-13(16)14(20-15)19-12-6-4-5-11(8-12)10-21-2/h4-6,8-9H,3,7,10H2,1-2H3,(H2,17,18,19,20). The number of aromatic nitrogens is 2. The van der Waals surface area contributed by atoms with Gasteiger partial charge in [-0.2, -0.15) is 4.98 Å². The minimum Gasteiger partial charge on any atom is -0.380 e. The summed E-state index contributed by atoms with van der Waals surface area (Å²) in [6.45, 7) is 3.54. The second-order valence-electron chi connectivity index (χ2n) is 4.58. The van der Waals surface area contributed by atoms with Crippen molar-refractivity contribution < 1.29 is 4.74 Å². The maximum absolute atomic E-state index is 5.15.